The van der Waals surface area contributed by atoms with E-state index in [0.29, 0.717) is 13.0 Å². The van der Waals surface area contributed by atoms with Gasteiger partial charge in [0.2, 0.25) is 15.9 Å². The fourth-order valence-corrected chi connectivity index (χ4v) is 4.47. The van der Waals surface area contributed by atoms with Gasteiger partial charge in [-0.1, -0.05) is 36.9 Å². The van der Waals surface area contributed by atoms with Crippen LogP contribution in [0.5, 0.6) is 0 Å². The van der Waals surface area contributed by atoms with Crippen molar-refractivity contribution in [2.75, 3.05) is 13.1 Å². The molecule has 26 heavy (non-hydrogen) atoms. The lowest BCUT2D eigenvalue weighted by molar-refractivity contribution is -0.117. The first kappa shape index (κ1) is 18.3. The fourth-order valence-electron chi connectivity index (χ4n) is 3.00. The number of hydrogen-bond acceptors (Lipinski definition) is 4. The monoisotopic (exact) mass is 371 g/mol. The first-order chi connectivity index (χ1) is 12.5. The van der Waals surface area contributed by atoms with Crippen molar-refractivity contribution < 1.29 is 13.2 Å². The molecule has 0 aliphatic carbocycles. The van der Waals surface area contributed by atoms with E-state index in [1.165, 1.54) is 16.6 Å². The molecule has 3 rings (SSSR count). The Morgan fingerprint density at radius 3 is 2.65 bits per heavy atom. The van der Waals surface area contributed by atoms with Crippen LogP contribution in [0.2, 0.25) is 0 Å². The summed E-state index contributed by atoms with van der Waals surface area (Å²) in [5.74, 6) is -0.289. The van der Waals surface area contributed by atoms with Crippen molar-refractivity contribution in [3.8, 4) is 11.3 Å². The number of pyridine rings is 1. The van der Waals surface area contributed by atoms with E-state index in [4.69, 9.17) is 0 Å². The van der Waals surface area contributed by atoms with Crippen LogP contribution in [-0.2, 0) is 14.8 Å². The third kappa shape index (κ3) is 4.00. The van der Waals surface area contributed by atoms with Crippen molar-refractivity contribution in [2.24, 2.45) is 0 Å². The normalized spacial score (nSPS) is 18.2. The second-order valence-corrected chi connectivity index (χ2v) is 8.10. The molecular formula is C19H21N3O3S. The Morgan fingerprint density at radius 2 is 2.00 bits per heavy atom. The molecule has 0 saturated carbocycles. The molecule has 6 nitrogen and oxygen atoms in total. The van der Waals surface area contributed by atoms with E-state index < -0.39 is 10.0 Å². The van der Waals surface area contributed by atoms with Crippen molar-refractivity contribution >= 4 is 15.9 Å². The molecule has 0 spiro atoms. The number of rotatable bonds is 5. The molecule has 1 aromatic heterocycles. The summed E-state index contributed by atoms with van der Waals surface area (Å²) in [6, 6.07) is 12.7. The van der Waals surface area contributed by atoms with Crippen LogP contribution >= 0.6 is 0 Å². The lowest BCUT2D eigenvalue weighted by Gasteiger charge is -2.32. The van der Waals surface area contributed by atoms with Crippen molar-refractivity contribution in [1.82, 2.24) is 14.6 Å². The highest BCUT2D eigenvalue weighted by Gasteiger charge is 2.30. The molecule has 0 unspecified atom stereocenters. The van der Waals surface area contributed by atoms with Crippen LogP contribution in [0.4, 0.5) is 0 Å². The SMILES string of the molecule is C=CC(=O)N[C@H]1CCCN(S(=O)(=O)c2ccc(-c3ccccc3)nc2)C1. The predicted octanol–water partition coefficient (Wildman–Crippen LogP) is 2.20. The Hall–Kier alpha value is -2.51. The van der Waals surface area contributed by atoms with Crippen molar-refractivity contribution in [2.45, 2.75) is 23.8 Å². The van der Waals surface area contributed by atoms with E-state index in [-0.39, 0.29) is 23.4 Å². The maximum atomic E-state index is 12.9. The standard InChI is InChI=1S/C19H21N3O3S/c1-2-19(23)21-16-9-6-12-22(14-16)26(24,25)17-10-11-18(20-13-17)15-7-4-3-5-8-15/h2-5,7-8,10-11,13,16H,1,6,9,12,14H2,(H,21,23)/t16-/m0/s1. The van der Waals surface area contributed by atoms with Crippen LogP contribution in [0.1, 0.15) is 12.8 Å². The molecule has 0 radical (unpaired) electrons. The zero-order valence-corrected chi connectivity index (χ0v) is 15.2. The van der Waals surface area contributed by atoms with Gasteiger partial charge in [-0.2, -0.15) is 4.31 Å². The van der Waals surface area contributed by atoms with Gasteiger partial charge in [0.15, 0.2) is 0 Å². The Bertz CT molecular complexity index is 880. The summed E-state index contributed by atoms with van der Waals surface area (Å²) in [6.07, 6.45) is 4.02. The summed E-state index contributed by atoms with van der Waals surface area (Å²) in [6.45, 7) is 4.11. The number of sulfonamides is 1. The van der Waals surface area contributed by atoms with E-state index in [0.717, 1.165) is 17.7 Å². The van der Waals surface area contributed by atoms with Gasteiger partial charge in [-0.3, -0.25) is 9.78 Å². The lowest BCUT2D eigenvalue weighted by atomic mass is 10.1. The van der Waals surface area contributed by atoms with E-state index in [1.54, 1.807) is 12.1 Å². The van der Waals surface area contributed by atoms with Gasteiger partial charge in [0, 0.05) is 30.9 Å². The number of nitrogens with zero attached hydrogens (tertiary/aromatic N) is 2. The number of carbonyl (C=O) groups excluding carboxylic acids is 1. The molecule has 1 aliphatic rings. The molecule has 2 aromatic rings. The average molecular weight is 371 g/mol. The minimum atomic E-state index is -3.64. The lowest BCUT2D eigenvalue weighted by Crippen LogP contribution is -2.49. The van der Waals surface area contributed by atoms with Crippen LogP contribution < -0.4 is 5.32 Å². The Balaban J connectivity index is 1.77. The molecule has 1 saturated heterocycles. The molecule has 1 amide bonds. The fraction of sp³-hybridized carbons (Fsp3) is 0.263. The van der Waals surface area contributed by atoms with Gasteiger partial charge in [0.1, 0.15) is 4.90 Å². The predicted molar refractivity (Wildman–Crippen MR) is 99.8 cm³/mol. The zero-order valence-electron chi connectivity index (χ0n) is 14.3. The van der Waals surface area contributed by atoms with E-state index in [9.17, 15) is 13.2 Å². The highest BCUT2D eigenvalue weighted by Crippen LogP contribution is 2.23. The highest BCUT2D eigenvalue weighted by atomic mass is 32.2. The Labute approximate surface area is 153 Å². The number of hydrogen-bond donors (Lipinski definition) is 1. The van der Waals surface area contributed by atoms with Crippen LogP contribution in [0.25, 0.3) is 11.3 Å². The van der Waals surface area contributed by atoms with Crippen LogP contribution in [0, 0.1) is 0 Å². The van der Waals surface area contributed by atoms with E-state index >= 15 is 0 Å². The molecular weight excluding hydrogens is 350 g/mol. The molecule has 136 valence electrons. The average Bonchev–Trinajstić information content (AvgIpc) is 2.69. The van der Waals surface area contributed by atoms with Gasteiger partial charge in [-0.15, -0.1) is 0 Å². The molecule has 0 bridgehead atoms. The van der Waals surface area contributed by atoms with Gasteiger partial charge in [-0.05, 0) is 31.1 Å². The summed E-state index contributed by atoms with van der Waals surface area (Å²) in [5, 5.41) is 2.77. The molecule has 2 heterocycles. The minimum absolute atomic E-state index is 0.160. The van der Waals surface area contributed by atoms with Gasteiger partial charge in [0.05, 0.1) is 5.69 Å². The van der Waals surface area contributed by atoms with Crippen molar-refractivity contribution in [3.63, 3.8) is 0 Å². The second kappa shape index (κ2) is 7.80. The Kier molecular flexibility index (Phi) is 5.49. The number of amides is 1. The largest absolute Gasteiger partial charge is 0.349 e. The number of aromatic nitrogens is 1. The van der Waals surface area contributed by atoms with E-state index in [1.807, 2.05) is 30.3 Å². The highest BCUT2D eigenvalue weighted by molar-refractivity contribution is 7.89. The topological polar surface area (TPSA) is 79.4 Å². The van der Waals surface area contributed by atoms with Crippen LogP contribution in [0.15, 0.2) is 66.2 Å². The summed E-state index contributed by atoms with van der Waals surface area (Å²) in [7, 11) is -3.64. The number of nitrogens with one attached hydrogen (secondary N) is 1. The summed E-state index contributed by atoms with van der Waals surface area (Å²) in [4.78, 5) is 15.9. The Morgan fingerprint density at radius 1 is 1.23 bits per heavy atom. The summed E-state index contributed by atoms with van der Waals surface area (Å²) >= 11 is 0. The zero-order chi connectivity index (χ0) is 18.6. The molecule has 1 fully saturated rings. The van der Waals surface area contributed by atoms with Gasteiger partial charge >= 0.3 is 0 Å². The molecule has 1 aliphatic heterocycles. The number of carbonyl (C=O) groups is 1. The van der Waals surface area contributed by atoms with Crippen LogP contribution in [0.3, 0.4) is 0 Å². The maximum Gasteiger partial charge on any atom is 0.244 e. The summed E-state index contributed by atoms with van der Waals surface area (Å²) in [5.41, 5.74) is 1.65. The molecule has 1 N–H and O–H groups in total. The van der Waals surface area contributed by atoms with Crippen LogP contribution in [-0.4, -0.2) is 42.7 Å². The second-order valence-electron chi connectivity index (χ2n) is 6.16. The number of piperidine rings is 1. The third-order valence-corrected chi connectivity index (χ3v) is 6.21. The van der Waals surface area contributed by atoms with Crippen molar-refractivity contribution in [1.29, 1.82) is 0 Å². The first-order valence-corrected chi connectivity index (χ1v) is 9.89. The van der Waals surface area contributed by atoms with Crippen molar-refractivity contribution in [3.05, 3.63) is 61.3 Å². The van der Waals surface area contributed by atoms with E-state index in [2.05, 4.69) is 16.9 Å². The van der Waals surface area contributed by atoms with Gasteiger partial charge in [0.25, 0.3) is 0 Å². The minimum Gasteiger partial charge on any atom is -0.349 e. The first-order valence-electron chi connectivity index (χ1n) is 8.45. The molecule has 1 atom stereocenters. The third-order valence-electron chi connectivity index (χ3n) is 4.36. The van der Waals surface area contributed by atoms with Gasteiger partial charge < -0.3 is 5.32 Å². The van der Waals surface area contributed by atoms with Gasteiger partial charge in [-0.25, -0.2) is 8.42 Å². The summed E-state index contributed by atoms with van der Waals surface area (Å²) < 4.78 is 27.2. The molecule has 1 aromatic carbocycles. The molecule has 7 heteroatoms. The quantitative estimate of drug-likeness (QED) is 0.817. The number of benzene rings is 1. The smallest absolute Gasteiger partial charge is 0.244 e. The maximum absolute atomic E-state index is 12.9.